The fourth-order valence-corrected chi connectivity index (χ4v) is 1.73. The summed E-state index contributed by atoms with van der Waals surface area (Å²) < 4.78 is 25.7. The van der Waals surface area contributed by atoms with Gasteiger partial charge in [0, 0.05) is 5.56 Å². The molecule has 1 fully saturated rings. The predicted molar refractivity (Wildman–Crippen MR) is 58.5 cm³/mol. The number of carbonyl (C=O) groups excluding carboxylic acids is 1. The van der Waals surface area contributed by atoms with E-state index in [9.17, 15) is 13.6 Å². The van der Waals surface area contributed by atoms with Crippen LogP contribution in [0.25, 0.3) is 0 Å². The normalized spacial score (nSPS) is 15.8. The summed E-state index contributed by atoms with van der Waals surface area (Å²) in [7, 11) is 1.74. The van der Waals surface area contributed by atoms with Crippen LogP contribution in [0.1, 0.15) is 10.4 Å². The average Bonchev–Trinajstić information content (AvgIpc) is 2.24. The summed E-state index contributed by atoms with van der Waals surface area (Å²) in [5.41, 5.74) is 0.975. The Morgan fingerprint density at radius 1 is 1.50 bits per heavy atom. The monoisotopic (exact) mass is 222 g/mol. The lowest BCUT2D eigenvalue weighted by atomic mass is 9.70. The quantitative estimate of drug-likeness (QED) is 0.683. The Morgan fingerprint density at radius 2 is 2.19 bits per heavy atom. The van der Waals surface area contributed by atoms with Crippen molar-refractivity contribution in [3.63, 3.8) is 0 Å². The Balaban J connectivity index is 2.24. The van der Waals surface area contributed by atoms with Crippen molar-refractivity contribution in [3.8, 4) is 0 Å². The minimum Gasteiger partial charge on any atom is -0.333 e. The average molecular weight is 222 g/mol. The van der Waals surface area contributed by atoms with E-state index in [4.69, 9.17) is 0 Å². The van der Waals surface area contributed by atoms with Gasteiger partial charge in [0.2, 0.25) is 0 Å². The van der Waals surface area contributed by atoms with Gasteiger partial charge >= 0.3 is 0 Å². The Morgan fingerprint density at radius 3 is 2.75 bits per heavy atom. The Labute approximate surface area is 93.5 Å². The number of nitrogens with zero attached hydrogens (tertiary/aromatic N) is 1. The smallest absolute Gasteiger partial charge is 0.253 e. The molecule has 1 aromatic carbocycles. The molecular weight excluding hydrogens is 211 g/mol. The van der Waals surface area contributed by atoms with Gasteiger partial charge in [-0.15, -0.1) is 0 Å². The van der Waals surface area contributed by atoms with E-state index >= 15 is 0 Å². The van der Waals surface area contributed by atoms with Crippen LogP contribution in [0.2, 0.25) is 6.82 Å². The molecule has 1 amide bonds. The number of rotatable bonds is 2. The maximum absolute atomic E-state index is 13.0. The van der Waals surface area contributed by atoms with E-state index in [1.54, 1.807) is 20.2 Å². The van der Waals surface area contributed by atoms with Crippen LogP contribution >= 0.6 is 0 Å². The molecule has 0 unspecified atom stereocenters. The van der Waals surface area contributed by atoms with Crippen molar-refractivity contribution in [1.29, 1.82) is 0 Å². The molecule has 0 saturated carbocycles. The number of halogens is 2. The van der Waals surface area contributed by atoms with Gasteiger partial charge in [-0.05, 0) is 12.1 Å². The highest BCUT2D eigenvalue weighted by atomic mass is 19.1. The highest BCUT2D eigenvalue weighted by molar-refractivity contribution is 6.54. The molecule has 5 heteroatoms. The molecule has 1 aromatic rings. The summed E-state index contributed by atoms with van der Waals surface area (Å²) >= 11 is 0. The number of carbonyl (C=O) groups is 1. The van der Waals surface area contributed by atoms with Crippen LogP contribution in [-0.4, -0.2) is 37.3 Å². The maximum atomic E-state index is 13.0. The van der Waals surface area contributed by atoms with E-state index in [0.29, 0.717) is 11.0 Å². The minimum absolute atomic E-state index is 0.110. The molecular formula is C11H11BF2NO. The molecule has 16 heavy (non-hydrogen) atoms. The summed E-state index contributed by atoms with van der Waals surface area (Å²) in [4.78, 5) is 13.3. The van der Waals surface area contributed by atoms with Crippen molar-refractivity contribution in [3.05, 3.63) is 29.6 Å². The second-order valence-corrected chi connectivity index (χ2v) is 3.83. The number of alkyl halides is 1. The van der Waals surface area contributed by atoms with Gasteiger partial charge in [0.05, 0.1) is 13.1 Å². The zero-order chi connectivity index (χ0) is 11.7. The summed E-state index contributed by atoms with van der Waals surface area (Å²) in [5.74, 6) is -0.757. The van der Waals surface area contributed by atoms with Gasteiger partial charge in [-0.25, -0.2) is 8.78 Å². The van der Waals surface area contributed by atoms with E-state index in [-0.39, 0.29) is 19.0 Å². The standard InChI is InChI=1S/C11H11BF2NO/c1-12-10-3-2-7(13)4-9(10)11(16)15-5-8(14)6-15/h2-4,8H,5-6H2,1H3. The van der Waals surface area contributed by atoms with Crippen molar-refractivity contribution < 1.29 is 13.6 Å². The molecule has 0 aromatic heterocycles. The van der Waals surface area contributed by atoms with E-state index in [2.05, 4.69) is 0 Å². The highest BCUT2D eigenvalue weighted by Crippen LogP contribution is 2.15. The molecule has 83 valence electrons. The first-order valence-electron chi connectivity index (χ1n) is 5.14. The van der Waals surface area contributed by atoms with Gasteiger partial charge in [0.15, 0.2) is 0 Å². The fourth-order valence-electron chi connectivity index (χ4n) is 1.73. The van der Waals surface area contributed by atoms with Gasteiger partial charge in [0.25, 0.3) is 5.91 Å². The van der Waals surface area contributed by atoms with Crippen molar-refractivity contribution in [2.24, 2.45) is 0 Å². The van der Waals surface area contributed by atoms with Crippen molar-refractivity contribution >= 4 is 18.6 Å². The van der Waals surface area contributed by atoms with Crippen LogP contribution < -0.4 is 5.46 Å². The Kier molecular flexibility index (Phi) is 2.94. The largest absolute Gasteiger partial charge is 0.333 e. The molecule has 0 atom stereocenters. The minimum atomic E-state index is -0.938. The molecule has 0 bridgehead atoms. The molecule has 1 heterocycles. The lowest BCUT2D eigenvalue weighted by Gasteiger charge is -2.34. The molecule has 1 saturated heterocycles. The van der Waals surface area contributed by atoms with E-state index in [1.807, 2.05) is 0 Å². The summed E-state index contributed by atoms with van der Waals surface area (Å²) in [6.45, 7) is 2.00. The second-order valence-electron chi connectivity index (χ2n) is 3.83. The van der Waals surface area contributed by atoms with Gasteiger partial charge < -0.3 is 4.90 Å². The SMILES string of the molecule is C[B]c1ccc(F)cc1C(=O)N1CC(F)C1. The second kappa shape index (κ2) is 4.24. The molecule has 0 aliphatic carbocycles. The first kappa shape index (κ1) is 11.1. The zero-order valence-electron chi connectivity index (χ0n) is 8.91. The first-order valence-corrected chi connectivity index (χ1v) is 5.14. The number of hydrogen-bond donors (Lipinski definition) is 0. The topological polar surface area (TPSA) is 20.3 Å². The molecule has 0 spiro atoms. The van der Waals surface area contributed by atoms with Gasteiger partial charge in [-0.1, -0.05) is 18.4 Å². The lowest BCUT2D eigenvalue weighted by molar-refractivity contribution is 0.0401. The third-order valence-electron chi connectivity index (χ3n) is 2.68. The first-order chi connectivity index (χ1) is 7.61. The van der Waals surface area contributed by atoms with Crippen molar-refractivity contribution in [2.45, 2.75) is 13.0 Å². The summed E-state index contributed by atoms with van der Waals surface area (Å²) in [6.07, 6.45) is -0.938. The van der Waals surface area contributed by atoms with Crippen molar-refractivity contribution in [2.75, 3.05) is 13.1 Å². The van der Waals surface area contributed by atoms with Crippen LogP contribution in [0.5, 0.6) is 0 Å². The summed E-state index contributed by atoms with van der Waals surface area (Å²) in [6, 6.07) is 4.05. The van der Waals surface area contributed by atoms with Crippen molar-refractivity contribution in [1.82, 2.24) is 4.90 Å². The van der Waals surface area contributed by atoms with Gasteiger partial charge in [-0.2, -0.15) is 0 Å². The molecule has 0 N–H and O–H groups in total. The molecule has 1 radical (unpaired) electrons. The number of benzene rings is 1. The number of hydrogen-bond acceptors (Lipinski definition) is 1. The maximum Gasteiger partial charge on any atom is 0.253 e. The third-order valence-corrected chi connectivity index (χ3v) is 2.68. The van der Waals surface area contributed by atoms with Crippen LogP contribution in [0.4, 0.5) is 8.78 Å². The molecule has 1 aliphatic rings. The van der Waals surface area contributed by atoms with Gasteiger partial charge in [-0.3, -0.25) is 4.79 Å². The third kappa shape index (κ3) is 1.94. The Hall–Kier alpha value is -1.39. The van der Waals surface area contributed by atoms with Crippen LogP contribution in [0, 0.1) is 5.82 Å². The fraction of sp³-hybridized carbons (Fsp3) is 0.364. The number of amides is 1. The molecule has 2 rings (SSSR count). The van der Waals surface area contributed by atoms with Crippen LogP contribution in [0.3, 0.4) is 0 Å². The zero-order valence-corrected chi connectivity index (χ0v) is 8.91. The van der Waals surface area contributed by atoms with Gasteiger partial charge in [0.1, 0.15) is 19.3 Å². The highest BCUT2D eigenvalue weighted by Gasteiger charge is 2.31. The lowest BCUT2D eigenvalue weighted by Crippen LogP contribution is -2.52. The van der Waals surface area contributed by atoms with E-state index in [1.165, 1.54) is 17.0 Å². The predicted octanol–water partition coefficient (Wildman–Crippen LogP) is 0.997. The summed E-state index contributed by atoms with van der Waals surface area (Å²) in [5, 5.41) is 0. The molecule has 2 nitrogen and oxygen atoms in total. The van der Waals surface area contributed by atoms with Crippen LogP contribution in [-0.2, 0) is 0 Å². The molecule has 1 aliphatic heterocycles. The van der Waals surface area contributed by atoms with Crippen LogP contribution in [0.15, 0.2) is 18.2 Å². The Bertz CT molecular complexity index is 418. The number of likely N-dealkylation sites (tertiary alicyclic amines) is 1. The van der Waals surface area contributed by atoms with E-state index < -0.39 is 12.0 Å². The van der Waals surface area contributed by atoms with E-state index in [0.717, 1.165) is 0 Å².